The maximum Gasteiger partial charge on any atom is 0.0724 e. The molecule has 0 amide bonds. The van der Waals surface area contributed by atoms with Gasteiger partial charge in [0.25, 0.3) is 0 Å². The number of rotatable bonds is 4. The highest BCUT2D eigenvalue weighted by atomic mass is 15.3. The Morgan fingerprint density at radius 3 is 1.23 bits per heavy atom. The van der Waals surface area contributed by atoms with Crippen molar-refractivity contribution in [1.82, 2.24) is 0 Å². The highest BCUT2D eigenvalue weighted by molar-refractivity contribution is 5.57. The third-order valence-corrected chi connectivity index (χ3v) is 6.00. The largest absolute Gasteiger partial charge is 0.367 e. The van der Waals surface area contributed by atoms with Gasteiger partial charge in [-0.3, -0.25) is 0 Å². The molecule has 0 bridgehead atoms. The zero-order valence-corrected chi connectivity index (χ0v) is 17.0. The van der Waals surface area contributed by atoms with Gasteiger partial charge in [0.2, 0.25) is 0 Å². The molecule has 2 atom stereocenters. The minimum atomic E-state index is 0.257. The van der Waals surface area contributed by atoms with Crippen molar-refractivity contribution in [3.8, 4) is 0 Å². The highest BCUT2D eigenvalue weighted by Gasteiger charge is 2.36. The summed E-state index contributed by atoms with van der Waals surface area (Å²) in [5, 5.41) is 0. The summed E-state index contributed by atoms with van der Waals surface area (Å²) in [7, 11) is 0. The van der Waals surface area contributed by atoms with E-state index in [1.807, 2.05) is 0 Å². The molecule has 148 valence electrons. The molecule has 0 aliphatic carbocycles. The van der Waals surface area contributed by atoms with E-state index >= 15 is 0 Å². The second kappa shape index (κ2) is 8.46. The van der Waals surface area contributed by atoms with E-state index in [0.717, 1.165) is 13.1 Å². The first kappa shape index (κ1) is 18.5. The van der Waals surface area contributed by atoms with Gasteiger partial charge in [0.1, 0.15) is 0 Å². The van der Waals surface area contributed by atoms with Crippen LogP contribution in [0.4, 0.5) is 11.4 Å². The van der Waals surface area contributed by atoms with Crippen LogP contribution in [0, 0.1) is 0 Å². The van der Waals surface area contributed by atoms with E-state index in [-0.39, 0.29) is 12.1 Å². The van der Waals surface area contributed by atoms with Crippen LogP contribution < -0.4 is 9.80 Å². The van der Waals surface area contributed by atoms with Crippen molar-refractivity contribution in [2.24, 2.45) is 0 Å². The Morgan fingerprint density at radius 2 is 0.800 bits per heavy atom. The Balaban J connectivity index is 1.64. The van der Waals surface area contributed by atoms with Crippen LogP contribution >= 0.6 is 0 Å². The Bertz CT molecular complexity index is 999. The first-order valence-electron chi connectivity index (χ1n) is 10.6. The summed E-state index contributed by atoms with van der Waals surface area (Å²) < 4.78 is 0. The van der Waals surface area contributed by atoms with Crippen LogP contribution in [0.2, 0.25) is 0 Å². The highest BCUT2D eigenvalue weighted by Crippen LogP contribution is 2.41. The lowest BCUT2D eigenvalue weighted by atomic mass is 9.93. The smallest absolute Gasteiger partial charge is 0.0724 e. The van der Waals surface area contributed by atoms with Crippen LogP contribution in [0.25, 0.3) is 0 Å². The molecule has 0 spiro atoms. The Hall–Kier alpha value is -3.52. The molecule has 1 aliphatic heterocycles. The lowest BCUT2D eigenvalue weighted by Gasteiger charge is -2.49. The van der Waals surface area contributed by atoms with Gasteiger partial charge in [-0.1, -0.05) is 97.1 Å². The Kier molecular flexibility index (Phi) is 5.22. The molecule has 4 aromatic carbocycles. The SMILES string of the molecule is c1ccc(C2CN(c3ccccc3)CC(c3ccccc3)N2c2ccccc2)cc1. The maximum absolute atomic E-state index is 2.62. The van der Waals surface area contributed by atoms with Gasteiger partial charge in [0, 0.05) is 24.5 Å². The van der Waals surface area contributed by atoms with Gasteiger partial charge >= 0.3 is 0 Å². The van der Waals surface area contributed by atoms with Gasteiger partial charge in [-0.2, -0.15) is 0 Å². The van der Waals surface area contributed by atoms with Crippen LogP contribution in [0.5, 0.6) is 0 Å². The number of para-hydroxylation sites is 2. The molecule has 2 nitrogen and oxygen atoms in total. The molecular formula is C28H26N2. The molecule has 1 saturated heterocycles. The standard InChI is InChI=1S/C28H26N2/c1-5-13-23(14-6-1)27-21-29(25-17-9-3-10-18-25)22-28(24-15-7-2-8-16-24)30(27)26-19-11-4-12-20-26/h1-20,27-28H,21-22H2. The van der Waals surface area contributed by atoms with Crippen LogP contribution in [-0.4, -0.2) is 13.1 Å². The summed E-state index contributed by atoms with van der Waals surface area (Å²) in [6.45, 7) is 1.90. The van der Waals surface area contributed by atoms with Crippen molar-refractivity contribution in [3.63, 3.8) is 0 Å². The fraction of sp³-hybridized carbons (Fsp3) is 0.143. The third-order valence-electron chi connectivity index (χ3n) is 6.00. The molecular weight excluding hydrogens is 364 g/mol. The lowest BCUT2D eigenvalue weighted by Crippen LogP contribution is -2.50. The summed E-state index contributed by atoms with van der Waals surface area (Å²) in [5.74, 6) is 0. The molecule has 0 N–H and O–H groups in total. The van der Waals surface area contributed by atoms with E-state index in [4.69, 9.17) is 0 Å². The molecule has 0 saturated carbocycles. The van der Waals surface area contributed by atoms with Gasteiger partial charge < -0.3 is 9.80 Å². The quantitative estimate of drug-likeness (QED) is 0.393. The second-order valence-electron chi connectivity index (χ2n) is 7.84. The van der Waals surface area contributed by atoms with Crippen molar-refractivity contribution >= 4 is 11.4 Å². The topological polar surface area (TPSA) is 6.48 Å². The van der Waals surface area contributed by atoms with E-state index in [1.165, 1.54) is 22.5 Å². The van der Waals surface area contributed by atoms with Gasteiger partial charge in [0.05, 0.1) is 12.1 Å². The minimum absolute atomic E-state index is 0.257. The Labute approximate surface area is 179 Å². The molecule has 1 aliphatic rings. The molecule has 1 heterocycles. The summed E-state index contributed by atoms with van der Waals surface area (Å²) >= 11 is 0. The van der Waals surface area contributed by atoms with E-state index < -0.39 is 0 Å². The summed E-state index contributed by atoms with van der Waals surface area (Å²) in [5.41, 5.74) is 5.26. The van der Waals surface area contributed by atoms with Crippen molar-refractivity contribution < 1.29 is 0 Å². The minimum Gasteiger partial charge on any atom is -0.367 e. The molecule has 2 unspecified atom stereocenters. The number of piperazine rings is 1. The number of hydrogen-bond acceptors (Lipinski definition) is 2. The monoisotopic (exact) mass is 390 g/mol. The molecule has 4 aromatic rings. The number of nitrogens with zero attached hydrogens (tertiary/aromatic N) is 2. The number of anilines is 2. The summed E-state index contributed by atoms with van der Waals surface area (Å²) in [6.07, 6.45) is 0. The number of hydrogen-bond donors (Lipinski definition) is 0. The predicted octanol–water partition coefficient (Wildman–Crippen LogP) is 6.50. The van der Waals surface area contributed by atoms with Crippen molar-refractivity contribution in [2.45, 2.75) is 12.1 Å². The molecule has 0 aromatic heterocycles. The molecule has 5 rings (SSSR count). The van der Waals surface area contributed by atoms with Gasteiger partial charge in [0.15, 0.2) is 0 Å². The van der Waals surface area contributed by atoms with Gasteiger partial charge in [-0.05, 0) is 35.4 Å². The van der Waals surface area contributed by atoms with Crippen LogP contribution in [0.3, 0.4) is 0 Å². The fourth-order valence-electron chi connectivity index (χ4n) is 4.58. The van der Waals surface area contributed by atoms with E-state index in [9.17, 15) is 0 Å². The summed E-state index contributed by atoms with van der Waals surface area (Å²) in [6, 6.07) is 44.0. The zero-order valence-electron chi connectivity index (χ0n) is 17.0. The molecule has 1 fully saturated rings. The van der Waals surface area contributed by atoms with Crippen molar-refractivity contribution in [1.29, 1.82) is 0 Å². The maximum atomic E-state index is 2.62. The van der Waals surface area contributed by atoms with Crippen LogP contribution in [-0.2, 0) is 0 Å². The van der Waals surface area contributed by atoms with Crippen LogP contribution in [0.1, 0.15) is 23.2 Å². The fourth-order valence-corrected chi connectivity index (χ4v) is 4.58. The first-order chi connectivity index (χ1) is 14.9. The lowest BCUT2D eigenvalue weighted by molar-refractivity contribution is 0.455. The average Bonchev–Trinajstić information content (AvgIpc) is 2.85. The molecule has 30 heavy (non-hydrogen) atoms. The Morgan fingerprint density at radius 1 is 0.433 bits per heavy atom. The van der Waals surface area contributed by atoms with Crippen molar-refractivity contribution in [2.75, 3.05) is 22.9 Å². The predicted molar refractivity (Wildman–Crippen MR) is 126 cm³/mol. The van der Waals surface area contributed by atoms with E-state index in [1.54, 1.807) is 0 Å². The van der Waals surface area contributed by atoms with E-state index in [0.29, 0.717) is 0 Å². The van der Waals surface area contributed by atoms with E-state index in [2.05, 4.69) is 131 Å². The van der Waals surface area contributed by atoms with Gasteiger partial charge in [-0.25, -0.2) is 0 Å². The average molecular weight is 391 g/mol. The van der Waals surface area contributed by atoms with Crippen molar-refractivity contribution in [3.05, 3.63) is 132 Å². The number of benzene rings is 4. The normalized spacial score (nSPS) is 18.9. The van der Waals surface area contributed by atoms with Gasteiger partial charge in [-0.15, -0.1) is 0 Å². The zero-order chi connectivity index (χ0) is 20.2. The molecule has 2 heteroatoms. The van der Waals surface area contributed by atoms with Crippen LogP contribution in [0.15, 0.2) is 121 Å². The second-order valence-corrected chi connectivity index (χ2v) is 7.84. The molecule has 0 radical (unpaired) electrons. The third kappa shape index (κ3) is 3.69. The first-order valence-corrected chi connectivity index (χ1v) is 10.6. The summed E-state index contributed by atoms with van der Waals surface area (Å²) in [4.78, 5) is 5.15.